The molecule has 0 aliphatic heterocycles. The molecule has 142 valence electrons. The Morgan fingerprint density at radius 2 is 1.71 bits per heavy atom. The van der Waals surface area contributed by atoms with E-state index in [0.29, 0.717) is 6.42 Å². The van der Waals surface area contributed by atoms with Gasteiger partial charge in [0.25, 0.3) is 0 Å². The summed E-state index contributed by atoms with van der Waals surface area (Å²) in [6, 6.07) is 0. The van der Waals surface area contributed by atoms with Gasteiger partial charge in [0.1, 0.15) is 6.10 Å². The molecule has 4 atom stereocenters. The van der Waals surface area contributed by atoms with Crippen LogP contribution in [0.1, 0.15) is 54.9 Å². The number of carbonyl (C=O) groups excluding carboxylic acids is 1. The van der Waals surface area contributed by atoms with Crippen LogP contribution in [-0.4, -0.2) is 39.7 Å². The molecule has 0 aliphatic carbocycles. The molecular weight excluding hydrogens is 320 g/mol. The van der Waals surface area contributed by atoms with Crippen molar-refractivity contribution < 1.29 is 18.7 Å². The van der Waals surface area contributed by atoms with E-state index >= 15 is 0 Å². The molecule has 4 nitrogen and oxygen atoms in total. The lowest BCUT2D eigenvalue weighted by Gasteiger charge is -2.42. The van der Waals surface area contributed by atoms with E-state index in [1.54, 1.807) is 14.0 Å². The lowest BCUT2D eigenvalue weighted by Crippen LogP contribution is -2.49. The minimum absolute atomic E-state index is 0.0391. The highest BCUT2D eigenvalue weighted by Crippen LogP contribution is 2.38. The van der Waals surface area contributed by atoms with Crippen LogP contribution in [0, 0.1) is 5.92 Å². The maximum atomic E-state index is 11.7. The first-order valence-corrected chi connectivity index (χ1v) is 11.7. The first kappa shape index (κ1) is 23.3. The average Bonchev–Trinajstić information content (AvgIpc) is 2.42. The van der Waals surface area contributed by atoms with Gasteiger partial charge >= 0.3 is 5.97 Å². The van der Waals surface area contributed by atoms with E-state index in [-0.39, 0.29) is 35.2 Å². The quantitative estimate of drug-likeness (QED) is 0.332. The van der Waals surface area contributed by atoms with Gasteiger partial charge in [-0.2, -0.15) is 0 Å². The van der Waals surface area contributed by atoms with Gasteiger partial charge in [-0.25, -0.2) is 0 Å². The molecule has 0 heterocycles. The molecule has 5 heteroatoms. The summed E-state index contributed by atoms with van der Waals surface area (Å²) in [6.45, 7) is 22.9. The normalized spacial score (nSPS) is 17.8. The van der Waals surface area contributed by atoms with Crippen LogP contribution < -0.4 is 0 Å². The molecule has 0 saturated carbocycles. The fraction of sp³-hybridized carbons (Fsp3) is 0.842. The van der Waals surface area contributed by atoms with E-state index in [9.17, 15) is 4.79 Å². The highest BCUT2D eigenvalue weighted by atomic mass is 28.4. The largest absolute Gasteiger partial charge is 0.457 e. The van der Waals surface area contributed by atoms with Crippen molar-refractivity contribution in [1.82, 2.24) is 0 Å². The van der Waals surface area contributed by atoms with Crippen LogP contribution in [0.5, 0.6) is 0 Å². The molecule has 0 aromatic carbocycles. The van der Waals surface area contributed by atoms with Gasteiger partial charge in [0.05, 0.1) is 12.2 Å². The van der Waals surface area contributed by atoms with Crippen LogP contribution in [0.15, 0.2) is 12.2 Å². The number of hydrogen-bond donors (Lipinski definition) is 0. The Kier molecular flexibility index (Phi) is 8.91. The van der Waals surface area contributed by atoms with Gasteiger partial charge in [-0.1, -0.05) is 41.2 Å². The third kappa shape index (κ3) is 6.34. The number of methoxy groups -OCH3 is 1. The Labute approximate surface area is 150 Å². The van der Waals surface area contributed by atoms with E-state index in [1.165, 1.54) is 0 Å². The van der Waals surface area contributed by atoms with Gasteiger partial charge in [-0.05, 0) is 37.6 Å². The molecule has 0 N–H and O–H groups in total. The van der Waals surface area contributed by atoms with E-state index < -0.39 is 8.32 Å². The molecular formula is C19H38O4Si. The summed E-state index contributed by atoms with van der Waals surface area (Å²) in [4.78, 5) is 11.7. The van der Waals surface area contributed by atoms with E-state index in [2.05, 4.69) is 40.4 Å². The lowest BCUT2D eigenvalue weighted by molar-refractivity contribution is -0.153. The summed E-state index contributed by atoms with van der Waals surface area (Å²) < 4.78 is 17.8. The molecule has 24 heavy (non-hydrogen) atoms. The smallest absolute Gasteiger partial charge is 0.306 e. The molecule has 0 unspecified atom stereocenters. The summed E-state index contributed by atoms with van der Waals surface area (Å²) in [5, 5.41) is 0.130. The summed E-state index contributed by atoms with van der Waals surface area (Å²) >= 11 is 0. The molecule has 0 radical (unpaired) electrons. The molecule has 0 aliphatic rings. The lowest BCUT2D eigenvalue weighted by atomic mass is 9.91. The van der Waals surface area contributed by atoms with Gasteiger partial charge in [-0.3, -0.25) is 4.79 Å². The highest BCUT2D eigenvalue weighted by Gasteiger charge is 2.41. The number of ether oxygens (including phenoxy) is 2. The minimum atomic E-state index is -1.90. The van der Waals surface area contributed by atoms with Gasteiger partial charge in [0.15, 0.2) is 8.32 Å². The molecule has 0 saturated heterocycles. The SMILES string of the molecule is C=C(C)[C@H](OC(=O)CC)[C@@H](C)[C@@H](OC)[C@@H](C)O[Si](C)(C)C(C)(C)C. The fourth-order valence-electron chi connectivity index (χ4n) is 2.60. The first-order chi connectivity index (χ1) is 10.8. The predicted molar refractivity (Wildman–Crippen MR) is 103 cm³/mol. The predicted octanol–water partition coefficient (Wildman–Crippen LogP) is 4.95. The van der Waals surface area contributed by atoms with E-state index in [0.717, 1.165) is 5.57 Å². The second-order valence-electron chi connectivity index (χ2n) is 8.25. The maximum Gasteiger partial charge on any atom is 0.306 e. The Hall–Kier alpha value is -0.653. The second kappa shape index (κ2) is 9.16. The van der Waals surface area contributed by atoms with Crippen molar-refractivity contribution >= 4 is 14.3 Å². The van der Waals surface area contributed by atoms with Crippen molar-refractivity contribution in [2.75, 3.05) is 7.11 Å². The van der Waals surface area contributed by atoms with Crippen LogP contribution in [0.25, 0.3) is 0 Å². The highest BCUT2D eigenvalue weighted by molar-refractivity contribution is 6.74. The maximum absolute atomic E-state index is 11.7. The molecule has 0 amide bonds. The van der Waals surface area contributed by atoms with Gasteiger partial charge < -0.3 is 13.9 Å². The monoisotopic (exact) mass is 358 g/mol. The molecule has 0 aromatic rings. The molecule has 0 aromatic heterocycles. The van der Waals surface area contributed by atoms with E-state index in [4.69, 9.17) is 13.9 Å². The number of hydrogen-bond acceptors (Lipinski definition) is 4. The fourth-order valence-corrected chi connectivity index (χ4v) is 4.01. The van der Waals surface area contributed by atoms with Gasteiger partial charge in [-0.15, -0.1) is 0 Å². The van der Waals surface area contributed by atoms with Gasteiger partial charge in [0.2, 0.25) is 0 Å². The zero-order chi connectivity index (χ0) is 19.3. The zero-order valence-corrected chi connectivity index (χ0v) is 18.4. The summed E-state index contributed by atoms with van der Waals surface area (Å²) in [5.41, 5.74) is 0.825. The standard InChI is InChI=1S/C19H38O4Si/c1-12-16(20)22-17(13(2)3)14(4)18(21-9)15(5)23-24(10,11)19(6,7)8/h14-15,17-18H,2,12H2,1,3-11H3/t14-,15-,17+,18-/m1/s1. The van der Waals surface area contributed by atoms with Gasteiger partial charge in [0, 0.05) is 19.4 Å². The Morgan fingerprint density at radius 3 is 2.04 bits per heavy atom. The number of carbonyl (C=O) groups is 1. The average molecular weight is 359 g/mol. The number of esters is 1. The topological polar surface area (TPSA) is 44.8 Å². The van der Waals surface area contributed by atoms with Crippen molar-refractivity contribution in [1.29, 1.82) is 0 Å². The second-order valence-corrected chi connectivity index (χ2v) is 13.0. The Balaban J connectivity index is 5.27. The van der Waals surface area contributed by atoms with Crippen LogP contribution >= 0.6 is 0 Å². The van der Waals surface area contributed by atoms with Crippen molar-refractivity contribution in [3.05, 3.63) is 12.2 Å². The third-order valence-electron chi connectivity index (χ3n) is 5.05. The zero-order valence-electron chi connectivity index (χ0n) is 17.4. The summed E-state index contributed by atoms with van der Waals surface area (Å²) in [5.74, 6) is -0.259. The Bertz CT molecular complexity index is 426. The summed E-state index contributed by atoms with van der Waals surface area (Å²) in [7, 11) is -0.220. The molecule has 0 fully saturated rings. The van der Waals surface area contributed by atoms with Crippen molar-refractivity contribution in [3.8, 4) is 0 Å². The van der Waals surface area contributed by atoms with Crippen molar-refractivity contribution in [2.24, 2.45) is 5.92 Å². The van der Waals surface area contributed by atoms with Crippen LogP contribution in [0.4, 0.5) is 0 Å². The van der Waals surface area contributed by atoms with E-state index in [1.807, 2.05) is 20.8 Å². The third-order valence-corrected chi connectivity index (χ3v) is 9.62. The summed E-state index contributed by atoms with van der Waals surface area (Å²) in [6.07, 6.45) is -0.282. The Morgan fingerprint density at radius 1 is 1.21 bits per heavy atom. The number of rotatable bonds is 9. The van der Waals surface area contributed by atoms with Crippen LogP contribution in [-0.2, 0) is 18.7 Å². The minimum Gasteiger partial charge on any atom is -0.457 e. The van der Waals surface area contributed by atoms with Crippen molar-refractivity contribution in [3.63, 3.8) is 0 Å². The molecule has 0 spiro atoms. The molecule has 0 rings (SSSR count). The van der Waals surface area contributed by atoms with Crippen LogP contribution in [0.3, 0.4) is 0 Å². The van der Waals surface area contributed by atoms with Crippen LogP contribution in [0.2, 0.25) is 18.1 Å². The van der Waals surface area contributed by atoms with Crippen molar-refractivity contribution in [2.45, 2.75) is 91.3 Å². The molecule has 0 bridgehead atoms. The first-order valence-electron chi connectivity index (χ1n) is 8.84.